The Morgan fingerprint density at radius 3 is 2.38 bits per heavy atom. The van der Waals surface area contributed by atoms with Gasteiger partial charge in [0.15, 0.2) is 0 Å². The molecular weight excluding hydrogens is 220 g/mol. The molecule has 0 aliphatic rings. The number of hydrogen-bond donors (Lipinski definition) is 1. The summed E-state index contributed by atoms with van der Waals surface area (Å²) in [6.07, 6.45) is 0. The van der Waals surface area contributed by atoms with Crippen LogP contribution in [0.15, 0.2) is 42.5 Å². The number of nitriles is 1. The van der Waals surface area contributed by atoms with Crippen LogP contribution in [-0.4, -0.2) is 0 Å². The molecule has 0 aliphatic carbocycles. The first-order valence-electron chi connectivity index (χ1n) is 4.77. The SMILES string of the molecule is N#Cc1c(N)cccc1-c1ccc(Cl)cc1. The highest BCUT2D eigenvalue weighted by Gasteiger charge is 2.07. The minimum absolute atomic E-state index is 0.495. The molecule has 2 nitrogen and oxygen atoms in total. The molecule has 0 heterocycles. The summed E-state index contributed by atoms with van der Waals surface area (Å²) in [6.45, 7) is 0. The van der Waals surface area contributed by atoms with Crippen molar-refractivity contribution < 1.29 is 0 Å². The molecule has 2 N–H and O–H groups in total. The topological polar surface area (TPSA) is 49.8 Å². The smallest absolute Gasteiger partial charge is 0.102 e. The predicted molar refractivity (Wildman–Crippen MR) is 66.0 cm³/mol. The lowest BCUT2D eigenvalue weighted by Gasteiger charge is -2.06. The zero-order chi connectivity index (χ0) is 11.5. The Morgan fingerprint density at radius 2 is 1.75 bits per heavy atom. The van der Waals surface area contributed by atoms with E-state index in [0.29, 0.717) is 16.3 Å². The number of halogens is 1. The van der Waals surface area contributed by atoms with Crippen LogP contribution in [0.5, 0.6) is 0 Å². The monoisotopic (exact) mass is 228 g/mol. The second-order valence-corrected chi connectivity index (χ2v) is 3.82. The van der Waals surface area contributed by atoms with E-state index in [4.69, 9.17) is 22.6 Å². The zero-order valence-electron chi connectivity index (χ0n) is 8.44. The fraction of sp³-hybridized carbons (Fsp3) is 0. The van der Waals surface area contributed by atoms with Crippen molar-refractivity contribution in [2.75, 3.05) is 5.73 Å². The van der Waals surface area contributed by atoms with Gasteiger partial charge < -0.3 is 5.73 Å². The van der Waals surface area contributed by atoms with Gasteiger partial charge in [-0.05, 0) is 23.8 Å². The van der Waals surface area contributed by atoms with E-state index in [1.165, 1.54) is 0 Å². The average molecular weight is 229 g/mol. The molecule has 78 valence electrons. The maximum absolute atomic E-state index is 9.06. The first-order chi connectivity index (χ1) is 7.72. The number of nitrogens with two attached hydrogens (primary N) is 1. The summed E-state index contributed by atoms with van der Waals surface area (Å²) in [5, 5.41) is 9.73. The van der Waals surface area contributed by atoms with Gasteiger partial charge in [-0.1, -0.05) is 35.9 Å². The highest BCUT2D eigenvalue weighted by atomic mass is 35.5. The van der Waals surface area contributed by atoms with Crippen molar-refractivity contribution in [3.05, 3.63) is 53.1 Å². The van der Waals surface area contributed by atoms with Gasteiger partial charge in [-0.2, -0.15) is 5.26 Å². The summed E-state index contributed by atoms with van der Waals surface area (Å²) >= 11 is 5.81. The minimum Gasteiger partial charge on any atom is -0.398 e. The summed E-state index contributed by atoms with van der Waals surface area (Å²) in [5.41, 5.74) is 8.52. The second kappa shape index (κ2) is 4.26. The third-order valence-corrected chi connectivity index (χ3v) is 2.62. The number of benzene rings is 2. The van der Waals surface area contributed by atoms with Gasteiger partial charge in [-0.15, -0.1) is 0 Å². The molecular formula is C13H9ClN2. The number of rotatable bonds is 1. The molecule has 0 aliphatic heterocycles. The van der Waals surface area contributed by atoms with Crippen molar-refractivity contribution >= 4 is 17.3 Å². The first kappa shape index (κ1) is 10.5. The zero-order valence-corrected chi connectivity index (χ0v) is 9.20. The van der Waals surface area contributed by atoms with Crippen LogP contribution in [0.4, 0.5) is 5.69 Å². The highest BCUT2D eigenvalue weighted by molar-refractivity contribution is 6.30. The first-order valence-corrected chi connectivity index (χ1v) is 5.14. The third kappa shape index (κ3) is 1.86. The molecule has 0 aromatic heterocycles. The number of hydrogen-bond acceptors (Lipinski definition) is 2. The summed E-state index contributed by atoms with van der Waals surface area (Å²) in [5.74, 6) is 0. The van der Waals surface area contributed by atoms with E-state index in [2.05, 4.69) is 6.07 Å². The molecule has 0 saturated heterocycles. The lowest BCUT2D eigenvalue weighted by Crippen LogP contribution is -1.92. The lowest BCUT2D eigenvalue weighted by molar-refractivity contribution is 1.48. The quantitative estimate of drug-likeness (QED) is 0.760. The van der Waals surface area contributed by atoms with Crippen LogP contribution in [0.1, 0.15) is 5.56 Å². The standard InChI is InChI=1S/C13H9ClN2/c14-10-6-4-9(5-7-10)11-2-1-3-13(16)12(11)8-15/h1-7H,16H2. The molecule has 2 rings (SSSR count). The van der Waals surface area contributed by atoms with Crippen molar-refractivity contribution in [1.29, 1.82) is 5.26 Å². The van der Waals surface area contributed by atoms with E-state index < -0.39 is 0 Å². The normalized spacial score (nSPS) is 9.75. The van der Waals surface area contributed by atoms with Crippen molar-refractivity contribution in [2.24, 2.45) is 0 Å². The van der Waals surface area contributed by atoms with Gasteiger partial charge in [-0.3, -0.25) is 0 Å². The lowest BCUT2D eigenvalue weighted by atomic mass is 9.99. The number of anilines is 1. The van der Waals surface area contributed by atoms with Crippen LogP contribution in [-0.2, 0) is 0 Å². The molecule has 0 unspecified atom stereocenters. The Bertz CT molecular complexity index is 553. The van der Waals surface area contributed by atoms with Crippen molar-refractivity contribution in [3.8, 4) is 17.2 Å². The molecule has 0 atom stereocenters. The Labute approximate surface area is 98.9 Å². The summed E-state index contributed by atoms with van der Waals surface area (Å²) in [6, 6.07) is 14.9. The minimum atomic E-state index is 0.495. The van der Waals surface area contributed by atoms with Crippen LogP contribution in [0, 0.1) is 11.3 Å². The molecule has 0 amide bonds. The number of nitrogens with zero attached hydrogens (tertiary/aromatic N) is 1. The maximum atomic E-state index is 9.06. The van der Waals surface area contributed by atoms with E-state index in [9.17, 15) is 0 Å². The largest absolute Gasteiger partial charge is 0.398 e. The van der Waals surface area contributed by atoms with Gasteiger partial charge in [0, 0.05) is 10.6 Å². The van der Waals surface area contributed by atoms with Gasteiger partial charge in [0.25, 0.3) is 0 Å². The molecule has 3 heteroatoms. The van der Waals surface area contributed by atoms with Crippen molar-refractivity contribution in [1.82, 2.24) is 0 Å². The summed E-state index contributed by atoms with van der Waals surface area (Å²) < 4.78 is 0. The van der Waals surface area contributed by atoms with Crippen LogP contribution in [0.25, 0.3) is 11.1 Å². The van der Waals surface area contributed by atoms with E-state index in [-0.39, 0.29) is 0 Å². The van der Waals surface area contributed by atoms with E-state index in [1.807, 2.05) is 24.3 Å². The second-order valence-electron chi connectivity index (χ2n) is 3.39. The van der Waals surface area contributed by atoms with Gasteiger partial charge in [0.05, 0.1) is 11.3 Å². The van der Waals surface area contributed by atoms with Crippen LogP contribution >= 0.6 is 11.6 Å². The van der Waals surface area contributed by atoms with Crippen molar-refractivity contribution in [2.45, 2.75) is 0 Å². The van der Waals surface area contributed by atoms with Gasteiger partial charge in [0.2, 0.25) is 0 Å². The van der Waals surface area contributed by atoms with E-state index >= 15 is 0 Å². The van der Waals surface area contributed by atoms with Crippen molar-refractivity contribution in [3.63, 3.8) is 0 Å². The van der Waals surface area contributed by atoms with Crippen LogP contribution in [0.2, 0.25) is 5.02 Å². The fourth-order valence-corrected chi connectivity index (χ4v) is 1.69. The molecule has 0 radical (unpaired) electrons. The van der Waals surface area contributed by atoms with Crippen LogP contribution < -0.4 is 5.73 Å². The molecule has 2 aromatic rings. The Morgan fingerprint density at radius 1 is 1.06 bits per heavy atom. The fourth-order valence-electron chi connectivity index (χ4n) is 1.56. The Balaban J connectivity index is 2.61. The maximum Gasteiger partial charge on any atom is 0.102 e. The van der Waals surface area contributed by atoms with Gasteiger partial charge in [-0.25, -0.2) is 0 Å². The molecule has 0 spiro atoms. The molecule has 0 bridgehead atoms. The molecule has 0 fully saturated rings. The Hall–Kier alpha value is -1.98. The van der Waals surface area contributed by atoms with Crippen LogP contribution in [0.3, 0.4) is 0 Å². The molecule has 0 saturated carbocycles. The van der Waals surface area contributed by atoms with Gasteiger partial charge >= 0.3 is 0 Å². The van der Waals surface area contributed by atoms with E-state index in [1.54, 1.807) is 18.2 Å². The third-order valence-electron chi connectivity index (χ3n) is 2.36. The average Bonchev–Trinajstić information content (AvgIpc) is 2.30. The summed E-state index contributed by atoms with van der Waals surface area (Å²) in [7, 11) is 0. The predicted octanol–water partition coefficient (Wildman–Crippen LogP) is 3.46. The van der Waals surface area contributed by atoms with E-state index in [0.717, 1.165) is 11.1 Å². The molecule has 16 heavy (non-hydrogen) atoms. The van der Waals surface area contributed by atoms with Gasteiger partial charge in [0.1, 0.15) is 6.07 Å². The number of nitrogen functional groups attached to an aromatic ring is 1. The summed E-state index contributed by atoms with van der Waals surface area (Å²) in [4.78, 5) is 0. The Kier molecular flexibility index (Phi) is 2.80. The highest BCUT2D eigenvalue weighted by Crippen LogP contribution is 2.27. The molecule has 2 aromatic carbocycles.